The van der Waals surface area contributed by atoms with Crippen molar-refractivity contribution in [1.29, 1.82) is 0 Å². The second-order valence-corrected chi connectivity index (χ2v) is 9.67. The van der Waals surface area contributed by atoms with Crippen LogP contribution in [-0.4, -0.2) is 21.9 Å². The zero-order chi connectivity index (χ0) is 16.5. The van der Waals surface area contributed by atoms with Gasteiger partial charge >= 0.3 is 0 Å². The van der Waals surface area contributed by atoms with E-state index in [-0.39, 0.29) is 11.5 Å². The van der Waals surface area contributed by atoms with Gasteiger partial charge in [-0.1, -0.05) is 19.8 Å². The van der Waals surface area contributed by atoms with Crippen LogP contribution in [0, 0.1) is 46.8 Å². The molecular weight excluding hydrogens is 284 g/mol. The molecule has 0 bridgehead atoms. The van der Waals surface area contributed by atoms with Gasteiger partial charge in [0, 0.05) is 0 Å². The van der Waals surface area contributed by atoms with Crippen molar-refractivity contribution in [3.63, 3.8) is 0 Å². The average Bonchev–Trinajstić information content (AvgIpc) is 2.84. The van der Waals surface area contributed by atoms with E-state index in [2.05, 4.69) is 19.8 Å². The Morgan fingerprint density at radius 3 is 2.39 bits per heavy atom. The van der Waals surface area contributed by atoms with Crippen molar-refractivity contribution in [2.75, 3.05) is 0 Å². The summed E-state index contributed by atoms with van der Waals surface area (Å²) in [7, 11) is 0. The zero-order valence-electron chi connectivity index (χ0n) is 14.7. The maximum absolute atomic E-state index is 10.6. The lowest BCUT2D eigenvalue weighted by molar-refractivity contribution is -0.143. The Bertz CT molecular complexity index is 536. The molecule has 2 N–H and O–H groups in total. The molecule has 0 amide bonds. The zero-order valence-corrected chi connectivity index (χ0v) is 14.7. The number of hydrogen-bond donors (Lipinski definition) is 2. The molecule has 4 fully saturated rings. The Hall–Kier alpha value is -0.520. The van der Waals surface area contributed by atoms with E-state index in [9.17, 15) is 10.2 Å². The normalized spacial score (nSPS) is 58.7. The number of hydrogen-bond acceptors (Lipinski definition) is 2. The largest absolute Gasteiger partial charge is 0.393 e. The summed E-state index contributed by atoms with van der Waals surface area (Å²) in [6, 6.07) is 0. The first-order valence-electron chi connectivity index (χ1n) is 9.71. The van der Waals surface area contributed by atoms with Crippen LogP contribution in [0.4, 0.5) is 0 Å². The lowest BCUT2D eigenvalue weighted by atomic mass is 9.44. The van der Waals surface area contributed by atoms with Crippen LogP contribution in [0.2, 0.25) is 0 Å². The van der Waals surface area contributed by atoms with Gasteiger partial charge in [0.25, 0.3) is 0 Å². The van der Waals surface area contributed by atoms with E-state index in [0.717, 1.165) is 37.5 Å². The highest BCUT2D eigenvalue weighted by molar-refractivity contribution is 5.16. The highest BCUT2D eigenvalue weighted by Crippen LogP contribution is 2.66. The minimum Gasteiger partial charge on any atom is -0.393 e. The summed E-state index contributed by atoms with van der Waals surface area (Å²) in [6.45, 7) is 4.83. The minimum absolute atomic E-state index is 0.0862. The molecule has 0 aromatic rings. The van der Waals surface area contributed by atoms with Crippen molar-refractivity contribution in [2.45, 2.75) is 83.3 Å². The SMILES string of the molecule is C#C[C@]1(O)CCC2(C)C(CCC3C4CCC(O)C4(C)CCC32)C1. The van der Waals surface area contributed by atoms with Crippen LogP contribution in [0.1, 0.15) is 71.6 Å². The maximum Gasteiger partial charge on any atom is 0.125 e. The highest BCUT2D eigenvalue weighted by atomic mass is 16.3. The molecule has 7 unspecified atom stereocenters. The standard InChI is InChI=1S/C21H32O2/c1-4-21(23)12-11-19(2)14(13-21)5-6-15-16-7-8-18(22)20(16,3)10-9-17(15)19/h1,14-18,22-23H,5-13H2,2-3H3/t14?,15?,16?,17?,18?,19?,20?,21-/m0/s1. The number of terminal acetylenes is 1. The predicted octanol–water partition coefficient (Wildman–Crippen LogP) is 3.75. The lowest BCUT2D eigenvalue weighted by Crippen LogP contribution is -2.56. The number of aliphatic hydroxyl groups is 2. The molecule has 2 nitrogen and oxygen atoms in total. The van der Waals surface area contributed by atoms with Crippen LogP contribution in [0.3, 0.4) is 0 Å². The molecule has 0 heterocycles. The van der Waals surface area contributed by atoms with Crippen molar-refractivity contribution in [3.8, 4) is 12.3 Å². The van der Waals surface area contributed by atoms with Crippen LogP contribution >= 0.6 is 0 Å². The fraction of sp³-hybridized carbons (Fsp3) is 0.905. The maximum atomic E-state index is 10.6. The first kappa shape index (κ1) is 16.0. The van der Waals surface area contributed by atoms with E-state index in [4.69, 9.17) is 6.42 Å². The monoisotopic (exact) mass is 316 g/mol. The summed E-state index contributed by atoms with van der Waals surface area (Å²) >= 11 is 0. The van der Waals surface area contributed by atoms with E-state index < -0.39 is 5.60 Å². The van der Waals surface area contributed by atoms with E-state index in [0.29, 0.717) is 17.3 Å². The molecule has 4 rings (SSSR count). The number of fused-ring (bicyclic) bond motifs is 5. The fourth-order valence-electron chi connectivity index (χ4n) is 7.35. The van der Waals surface area contributed by atoms with E-state index in [1.165, 1.54) is 32.1 Å². The molecule has 0 aliphatic heterocycles. The van der Waals surface area contributed by atoms with Crippen molar-refractivity contribution in [2.24, 2.45) is 34.5 Å². The molecule has 4 aliphatic rings. The van der Waals surface area contributed by atoms with Crippen LogP contribution in [-0.2, 0) is 0 Å². The quantitative estimate of drug-likeness (QED) is 0.668. The van der Waals surface area contributed by atoms with Gasteiger partial charge in [0.1, 0.15) is 5.60 Å². The molecule has 8 atom stereocenters. The third-order valence-corrected chi connectivity index (χ3v) is 8.95. The van der Waals surface area contributed by atoms with Crippen LogP contribution < -0.4 is 0 Å². The summed E-state index contributed by atoms with van der Waals surface area (Å²) < 4.78 is 0. The fourth-order valence-corrected chi connectivity index (χ4v) is 7.35. The van der Waals surface area contributed by atoms with Crippen LogP contribution in [0.25, 0.3) is 0 Å². The van der Waals surface area contributed by atoms with E-state index in [1.54, 1.807) is 0 Å². The van der Waals surface area contributed by atoms with Gasteiger partial charge in [-0.25, -0.2) is 0 Å². The molecule has 0 saturated heterocycles. The summed E-state index contributed by atoms with van der Waals surface area (Å²) in [5.41, 5.74) is -0.344. The first-order chi connectivity index (χ1) is 10.8. The molecule has 0 aromatic carbocycles. The Morgan fingerprint density at radius 2 is 1.65 bits per heavy atom. The summed E-state index contributed by atoms with van der Waals surface area (Å²) in [5.74, 6) is 5.51. The molecule has 0 aromatic heterocycles. The molecule has 0 radical (unpaired) electrons. The predicted molar refractivity (Wildman–Crippen MR) is 91.5 cm³/mol. The minimum atomic E-state index is -0.857. The van der Waals surface area contributed by atoms with Gasteiger partial charge in [0.15, 0.2) is 0 Å². The Kier molecular flexibility index (Phi) is 3.47. The smallest absolute Gasteiger partial charge is 0.125 e. The Morgan fingerprint density at radius 1 is 0.913 bits per heavy atom. The van der Waals surface area contributed by atoms with Crippen molar-refractivity contribution < 1.29 is 10.2 Å². The second kappa shape index (κ2) is 4.99. The van der Waals surface area contributed by atoms with E-state index in [1.807, 2.05) is 0 Å². The van der Waals surface area contributed by atoms with Crippen LogP contribution in [0.5, 0.6) is 0 Å². The second-order valence-electron chi connectivity index (χ2n) is 9.67. The van der Waals surface area contributed by atoms with Gasteiger partial charge in [-0.15, -0.1) is 6.42 Å². The topological polar surface area (TPSA) is 40.5 Å². The highest BCUT2D eigenvalue weighted by Gasteiger charge is 2.60. The van der Waals surface area contributed by atoms with Gasteiger partial charge in [0.2, 0.25) is 0 Å². The third-order valence-electron chi connectivity index (χ3n) is 8.95. The Balaban J connectivity index is 1.61. The number of rotatable bonds is 0. The molecule has 23 heavy (non-hydrogen) atoms. The van der Waals surface area contributed by atoms with Crippen molar-refractivity contribution in [3.05, 3.63) is 0 Å². The van der Waals surface area contributed by atoms with Crippen molar-refractivity contribution >= 4 is 0 Å². The van der Waals surface area contributed by atoms with Crippen LogP contribution in [0.15, 0.2) is 0 Å². The van der Waals surface area contributed by atoms with Gasteiger partial charge in [-0.05, 0) is 92.3 Å². The van der Waals surface area contributed by atoms with Crippen molar-refractivity contribution in [1.82, 2.24) is 0 Å². The first-order valence-corrected chi connectivity index (χ1v) is 9.71. The average molecular weight is 316 g/mol. The molecule has 4 saturated carbocycles. The summed E-state index contributed by atoms with van der Waals surface area (Å²) in [6.07, 6.45) is 15.3. The number of aliphatic hydroxyl groups excluding tert-OH is 1. The third kappa shape index (κ3) is 2.09. The molecule has 4 aliphatic carbocycles. The summed E-state index contributed by atoms with van der Waals surface area (Å²) in [5, 5.41) is 21.1. The van der Waals surface area contributed by atoms with Gasteiger partial charge in [-0.2, -0.15) is 0 Å². The summed E-state index contributed by atoms with van der Waals surface area (Å²) in [4.78, 5) is 0. The molecule has 2 heteroatoms. The van der Waals surface area contributed by atoms with Gasteiger partial charge < -0.3 is 10.2 Å². The Labute approximate surface area is 141 Å². The van der Waals surface area contributed by atoms with Gasteiger partial charge in [0.05, 0.1) is 6.10 Å². The van der Waals surface area contributed by atoms with E-state index >= 15 is 0 Å². The molecular formula is C21H32O2. The van der Waals surface area contributed by atoms with Gasteiger partial charge in [-0.3, -0.25) is 0 Å². The molecule has 0 spiro atoms. The lowest BCUT2D eigenvalue weighted by Gasteiger charge is -2.61. The molecule has 128 valence electrons.